The molecule has 1 aromatic carbocycles. The number of hydrogen-bond donors (Lipinski definition) is 1. The highest BCUT2D eigenvalue weighted by molar-refractivity contribution is 6.30. The van der Waals surface area contributed by atoms with Crippen LogP contribution in [0.2, 0.25) is 5.02 Å². The van der Waals surface area contributed by atoms with E-state index >= 15 is 0 Å². The van der Waals surface area contributed by atoms with Crippen LogP contribution >= 0.6 is 11.6 Å². The van der Waals surface area contributed by atoms with Gasteiger partial charge in [-0.2, -0.15) is 0 Å². The number of hydrogen-bond acceptors (Lipinski definition) is 2. The monoisotopic (exact) mass is 250 g/mol. The molecule has 0 aromatic heterocycles. The summed E-state index contributed by atoms with van der Waals surface area (Å²) in [5.41, 5.74) is 1.08. The lowest BCUT2D eigenvalue weighted by atomic mass is 9.94. The van der Waals surface area contributed by atoms with Crippen molar-refractivity contribution in [1.82, 2.24) is 4.90 Å². The van der Waals surface area contributed by atoms with Gasteiger partial charge in [-0.15, -0.1) is 0 Å². The SMILES string of the molecule is N=C1OC(c2cccc(Cl)c2)C2CCCCN12. The highest BCUT2D eigenvalue weighted by atomic mass is 35.5. The van der Waals surface area contributed by atoms with Gasteiger partial charge in [0.15, 0.2) is 0 Å². The number of amidine groups is 1. The van der Waals surface area contributed by atoms with Crippen molar-refractivity contribution in [3.8, 4) is 0 Å². The lowest BCUT2D eigenvalue weighted by Gasteiger charge is -2.29. The van der Waals surface area contributed by atoms with E-state index in [1.165, 1.54) is 6.42 Å². The summed E-state index contributed by atoms with van der Waals surface area (Å²) in [5, 5.41) is 8.61. The van der Waals surface area contributed by atoms with Crippen LogP contribution in [0.25, 0.3) is 0 Å². The van der Waals surface area contributed by atoms with Crippen LogP contribution in [0.3, 0.4) is 0 Å². The maximum absolute atomic E-state index is 7.88. The van der Waals surface area contributed by atoms with Crippen LogP contribution in [0, 0.1) is 5.41 Å². The molecule has 2 atom stereocenters. The molecular weight excluding hydrogens is 236 g/mol. The largest absolute Gasteiger partial charge is 0.455 e. The molecule has 0 spiro atoms. The van der Waals surface area contributed by atoms with Crippen LogP contribution in [0.5, 0.6) is 0 Å². The predicted octanol–water partition coefficient (Wildman–Crippen LogP) is 3.20. The van der Waals surface area contributed by atoms with Gasteiger partial charge in [0.05, 0.1) is 6.04 Å². The first-order chi connectivity index (χ1) is 8.25. The van der Waals surface area contributed by atoms with Gasteiger partial charge in [0.1, 0.15) is 6.10 Å². The Labute approximate surface area is 106 Å². The first-order valence-electron chi connectivity index (χ1n) is 6.03. The molecule has 2 unspecified atom stereocenters. The molecule has 17 heavy (non-hydrogen) atoms. The molecular formula is C13H15ClN2O. The minimum atomic E-state index is -0.0264. The van der Waals surface area contributed by atoms with Gasteiger partial charge in [0.2, 0.25) is 0 Å². The Bertz CT molecular complexity index is 449. The smallest absolute Gasteiger partial charge is 0.285 e. The number of benzene rings is 1. The Morgan fingerprint density at radius 3 is 3.06 bits per heavy atom. The summed E-state index contributed by atoms with van der Waals surface area (Å²) in [6.07, 6.45) is 3.44. The maximum Gasteiger partial charge on any atom is 0.285 e. The number of ether oxygens (including phenoxy) is 1. The van der Waals surface area contributed by atoms with Crippen LogP contribution in [0.4, 0.5) is 0 Å². The quantitative estimate of drug-likeness (QED) is 0.831. The molecule has 2 aliphatic heterocycles. The molecule has 3 rings (SSSR count). The third-order valence-corrected chi connectivity index (χ3v) is 3.81. The van der Waals surface area contributed by atoms with Gasteiger partial charge in [-0.1, -0.05) is 23.7 Å². The van der Waals surface area contributed by atoms with Crippen molar-refractivity contribution in [2.24, 2.45) is 0 Å². The number of nitrogens with one attached hydrogen (secondary N) is 1. The van der Waals surface area contributed by atoms with Crippen molar-refractivity contribution >= 4 is 17.6 Å². The Kier molecular flexibility index (Phi) is 2.71. The Morgan fingerprint density at radius 2 is 2.24 bits per heavy atom. The fourth-order valence-electron chi connectivity index (χ4n) is 2.76. The lowest BCUT2D eigenvalue weighted by molar-refractivity contribution is 0.167. The predicted molar refractivity (Wildman–Crippen MR) is 67.3 cm³/mol. The van der Waals surface area contributed by atoms with E-state index in [2.05, 4.69) is 4.90 Å². The van der Waals surface area contributed by atoms with E-state index in [-0.39, 0.29) is 6.10 Å². The van der Waals surface area contributed by atoms with Gasteiger partial charge < -0.3 is 9.64 Å². The van der Waals surface area contributed by atoms with Crippen molar-refractivity contribution in [2.75, 3.05) is 6.54 Å². The lowest BCUT2D eigenvalue weighted by Crippen LogP contribution is -2.38. The van der Waals surface area contributed by atoms with Gasteiger partial charge in [0.25, 0.3) is 6.02 Å². The molecule has 3 nitrogen and oxygen atoms in total. The van der Waals surface area contributed by atoms with Crippen molar-refractivity contribution in [3.05, 3.63) is 34.9 Å². The summed E-state index contributed by atoms with van der Waals surface area (Å²) in [4.78, 5) is 2.08. The zero-order valence-electron chi connectivity index (χ0n) is 9.53. The first-order valence-corrected chi connectivity index (χ1v) is 6.41. The molecule has 2 aliphatic rings. The fraction of sp³-hybridized carbons (Fsp3) is 0.462. The molecule has 2 fully saturated rings. The molecule has 0 aliphatic carbocycles. The fourth-order valence-corrected chi connectivity index (χ4v) is 2.96. The van der Waals surface area contributed by atoms with Crippen molar-refractivity contribution in [3.63, 3.8) is 0 Å². The second kappa shape index (κ2) is 4.22. The number of nitrogens with zero attached hydrogens (tertiary/aromatic N) is 1. The standard InChI is InChI=1S/C13H15ClN2O/c14-10-5-3-4-9(8-10)12-11-6-1-2-7-16(11)13(15)17-12/h3-5,8,11-12,15H,1-2,6-7H2. The maximum atomic E-state index is 7.88. The number of halogens is 1. The molecule has 90 valence electrons. The van der Waals surface area contributed by atoms with Crippen LogP contribution in [0.15, 0.2) is 24.3 Å². The van der Waals surface area contributed by atoms with E-state index in [0.717, 1.165) is 30.0 Å². The molecule has 0 bridgehead atoms. The van der Waals surface area contributed by atoms with E-state index in [1.54, 1.807) is 0 Å². The minimum absolute atomic E-state index is 0.0264. The van der Waals surface area contributed by atoms with Gasteiger partial charge >= 0.3 is 0 Å². The summed E-state index contributed by atoms with van der Waals surface area (Å²) in [7, 11) is 0. The summed E-state index contributed by atoms with van der Waals surface area (Å²) in [6, 6.07) is 8.41. The highest BCUT2D eigenvalue weighted by Crippen LogP contribution is 2.37. The van der Waals surface area contributed by atoms with Crippen LogP contribution < -0.4 is 0 Å². The van der Waals surface area contributed by atoms with Crippen LogP contribution in [-0.4, -0.2) is 23.5 Å². The average Bonchev–Trinajstić information content (AvgIpc) is 2.68. The topological polar surface area (TPSA) is 36.3 Å². The Morgan fingerprint density at radius 1 is 1.35 bits per heavy atom. The second-order valence-electron chi connectivity index (χ2n) is 4.66. The summed E-state index contributed by atoms with van der Waals surface area (Å²) >= 11 is 6.01. The van der Waals surface area contributed by atoms with E-state index in [9.17, 15) is 0 Å². The van der Waals surface area contributed by atoms with Crippen molar-refractivity contribution < 1.29 is 4.74 Å². The van der Waals surface area contributed by atoms with E-state index < -0.39 is 0 Å². The zero-order chi connectivity index (χ0) is 11.8. The van der Waals surface area contributed by atoms with E-state index in [1.807, 2.05) is 24.3 Å². The molecule has 2 saturated heterocycles. The Balaban J connectivity index is 1.91. The third-order valence-electron chi connectivity index (χ3n) is 3.58. The van der Waals surface area contributed by atoms with Gasteiger partial charge in [-0.05, 0) is 37.0 Å². The normalized spacial score (nSPS) is 27.8. The molecule has 1 aromatic rings. The first kappa shape index (κ1) is 10.9. The van der Waals surface area contributed by atoms with Gasteiger partial charge in [0, 0.05) is 11.6 Å². The summed E-state index contributed by atoms with van der Waals surface area (Å²) < 4.78 is 5.70. The van der Waals surface area contributed by atoms with E-state index in [4.69, 9.17) is 21.7 Å². The minimum Gasteiger partial charge on any atom is -0.455 e. The van der Waals surface area contributed by atoms with Gasteiger partial charge in [-0.3, -0.25) is 5.41 Å². The third kappa shape index (κ3) is 1.89. The molecule has 2 heterocycles. The number of rotatable bonds is 1. The van der Waals surface area contributed by atoms with Crippen LogP contribution in [0.1, 0.15) is 30.9 Å². The van der Waals surface area contributed by atoms with Crippen LogP contribution in [-0.2, 0) is 4.74 Å². The van der Waals surface area contributed by atoms with Gasteiger partial charge in [-0.25, -0.2) is 0 Å². The number of fused-ring (bicyclic) bond motifs is 1. The second-order valence-corrected chi connectivity index (χ2v) is 5.09. The summed E-state index contributed by atoms with van der Waals surface area (Å²) in [5.74, 6) is 0. The average molecular weight is 251 g/mol. The molecule has 0 saturated carbocycles. The van der Waals surface area contributed by atoms with E-state index in [0.29, 0.717) is 12.1 Å². The molecule has 0 radical (unpaired) electrons. The van der Waals surface area contributed by atoms with Crippen molar-refractivity contribution in [1.29, 1.82) is 5.41 Å². The highest BCUT2D eigenvalue weighted by Gasteiger charge is 2.41. The summed E-state index contributed by atoms with van der Waals surface area (Å²) in [6.45, 7) is 0.945. The molecule has 1 N–H and O–H groups in total. The molecule has 0 amide bonds. The zero-order valence-corrected chi connectivity index (χ0v) is 10.3. The molecule has 4 heteroatoms. The Hall–Kier alpha value is -1.22. The van der Waals surface area contributed by atoms with Crippen molar-refractivity contribution in [2.45, 2.75) is 31.4 Å². The number of piperidine rings is 1.